The average molecular weight is 365 g/mol. The van der Waals surface area contributed by atoms with E-state index in [1.807, 2.05) is 0 Å². The van der Waals surface area contributed by atoms with E-state index in [1.165, 1.54) is 12.1 Å². The SMILES string of the molecule is CCCCNC(=O)c1cccc(Oc2ccnc(-c3cccc(F)c3)n2)c1. The van der Waals surface area contributed by atoms with Crippen molar-refractivity contribution in [3.63, 3.8) is 0 Å². The Bertz CT molecular complexity index is 931. The molecule has 2 aromatic carbocycles. The van der Waals surface area contributed by atoms with Crippen LogP contribution >= 0.6 is 0 Å². The van der Waals surface area contributed by atoms with E-state index >= 15 is 0 Å². The number of unbranched alkanes of at least 4 members (excludes halogenated alkanes) is 1. The molecule has 0 aliphatic carbocycles. The third kappa shape index (κ3) is 5.10. The van der Waals surface area contributed by atoms with Crippen LogP contribution < -0.4 is 10.1 Å². The van der Waals surface area contributed by atoms with E-state index in [1.54, 1.807) is 48.7 Å². The van der Waals surface area contributed by atoms with Gasteiger partial charge in [-0.05, 0) is 36.8 Å². The first kappa shape index (κ1) is 18.5. The lowest BCUT2D eigenvalue weighted by Crippen LogP contribution is -2.24. The van der Waals surface area contributed by atoms with Crippen LogP contribution in [0.4, 0.5) is 4.39 Å². The van der Waals surface area contributed by atoms with Crippen LogP contribution in [0.2, 0.25) is 0 Å². The lowest BCUT2D eigenvalue weighted by Gasteiger charge is -2.08. The van der Waals surface area contributed by atoms with Gasteiger partial charge in [0.05, 0.1) is 0 Å². The summed E-state index contributed by atoms with van der Waals surface area (Å²) < 4.78 is 19.2. The minimum atomic E-state index is -0.357. The number of carbonyl (C=O) groups is 1. The van der Waals surface area contributed by atoms with Crippen molar-refractivity contribution in [3.8, 4) is 23.0 Å². The molecule has 1 N–H and O–H groups in total. The summed E-state index contributed by atoms with van der Waals surface area (Å²) >= 11 is 0. The van der Waals surface area contributed by atoms with E-state index in [0.717, 1.165) is 12.8 Å². The quantitative estimate of drug-likeness (QED) is 0.621. The summed E-state index contributed by atoms with van der Waals surface area (Å²) in [7, 11) is 0. The minimum absolute atomic E-state index is 0.142. The van der Waals surface area contributed by atoms with Crippen molar-refractivity contribution in [2.24, 2.45) is 0 Å². The molecule has 0 aliphatic heterocycles. The van der Waals surface area contributed by atoms with Gasteiger partial charge in [-0.1, -0.05) is 31.5 Å². The Labute approximate surface area is 157 Å². The number of nitrogens with one attached hydrogen (secondary N) is 1. The maximum absolute atomic E-state index is 13.4. The molecule has 1 heterocycles. The fraction of sp³-hybridized carbons (Fsp3) is 0.190. The van der Waals surface area contributed by atoms with Gasteiger partial charge in [-0.15, -0.1) is 0 Å². The smallest absolute Gasteiger partial charge is 0.251 e. The Kier molecular flexibility index (Phi) is 6.10. The zero-order valence-corrected chi connectivity index (χ0v) is 15.0. The molecule has 3 rings (SSSR count). The zero-order chi connectivity index (χ0) is 19.1. The number of ether oxygens (including phenoxy) is 1. The number of hydrogen-bond donors (Lipinski definition) is 1. The van der Waals surface area contributed by atoms with Gasteiger partial charge in [0.2, 0.25) is 5.88 Å². The first-order valence-electron chi connectivity index (χ1n) is 8.81. The first-order valence-corrected chi connectivity index (χ1v) is 8.81. The maximum Gasteiger partial charge on any atom is 0.251 e. The standard InChI is InChI=1S/C21H20FN3O2/c1-2-3-11-24-21(26)16-7-5-9-18(14-16)27-19-10-12-23-20(25-19)15-6-4-8-17(22)13-15/h4-10,12-14H,2-3,11H2,1H3,(H,24,26). The molecule has 0 spiro atoms. The van der Waals surface area contributed by atoms with Crippen molar-refractivity contribution in [2.75, 3.05) is 6.54 Å². The Balaban J connectivity index is 1.75. The number of halogens is 1. The highest BCUT2D eigenvalue weighted by Gasteiger charge is 2.09. The summed E-state index contributed by atoms with van der Waals surface area (Å²) in [6.45, 7) is 2.71. The van der Waals surface area contributed by atoms with Gasteiger partial charge >= 0.3 is 0 Å². The van der Waals surface area contributed by atoms with Crippen molar-refractivity contribution in [1.29, 1.82) is 0 Å². The van der Waals surface area contributed by atoms with Gasteiger partial charge in [0.25, 0.3) is 5.91 Å². The van der Waals surface area contributed by atoms with E-state index in [9.17, 15) is 9.18 Å². The number of nitrogens with zero attached hydrogens (tertiary/aromatic N) is 2. The normalized spacial score (nSPS) is 10.4. The number of carbonyl (C=O) groups excluding carboxylic acids is 1. The number of hydrogen-bond acceptors (Lipinski definition) is 4. The molecule has 0 atom stereocenters. The molecule has 0 unspecified atom stereocenters. The molecule has 6 heteroatoms. The summed E-state index contributed by atoms with van der Waals surface area (Å²) in [6, 6.07) is 14.5. The molecule has 0 saturated carbocycles. The fourth-order valence-corrected chi connectivity index (χ4v) is 2.47. The van der Waals surface area contributed by atoms with Crippen LogP contribution in [0, 0.1) is 5.82 Å². The van der Waals surface area contributed by atoms with Gasteiger partial charge in [-0.2, -0.15) is 4.98 Å². The van der Waals surface area contributed by atoms with Crippen molar-refractivity contribution in [2.45, 2.75) is 19.8 Å². The van der Waals surface area contributed by atoms with Crippen LogP contribution in [-0.2, 0) is 0 Å². The fourth-order valence-electron chi connectivity index (χ4n) is 2.47. The predicted octanol–water partition coefficient (Wildman–Crippen LogP) is 4.60. The molecule has 138 valence electrons. The molecule has 1 amide bonds. The van der Waals surface area contributed by atoms with Crippen LogP contribution in [0.1, 0.15) is 30.1 Å². The average Bonchev–Trinajstić information content (AvgIpc) is 2.68. The second-order valence-electron chi connectivity index (χ2n) is 5.97. The number of benzene rings is 2. The van der Waals surface area contributed by atoms with Gasteiger partial charge < -0.3 is 10.1 Å². The zero-order valence-electron chi connectivity index (χ0n) is 15.0. The van der Waals surface area contributed by atoms with Gasteiger partial charge in [0, 0.05) is 29.9 Å². The summed E-state index contributed by atoms with van der Waals surface area (Å²) in [5.41, 5.74) is 1.08. The second kappa shape index (κ2) is 8.89. The van der Waals surface area contributed by atoms with Crippen molar-refractivity contribution in [3.05, 3.63) is 72.2 Å². The number of rotatable bonds is 7. The Morgan fingerprint density at radius 2 is 2.00 bits per heavy atom. The van der Waals surface area contributed by atoms with Gasteiger partial charge in [-0.25, -0.2) is 9.37 Å². The molecule has 0 aliphatic rings. The number of amides is 1. The van der Waals surface area contributed by atoms with Gasteiger partial charge in [0.1, 0.15) is 11.6 Å². The molecule has 0 bridgehead atoms. The van der Waals surface area contributed by atoms with E-state index in [-0.39, 0.29) is 11.7 Å². The summed E-state index contributed by atoms with van der Waals surface area (Å²) in [5.74, 6) is 0.663. The Hall–Kier alpha value is -3.28. The third-order valence-corrected chi connectivity index (χ3v) is 3.85. The van der Waals surface area contributed by atoms with E-state index in [4.69, 9.17) is 4.74 Å². The largest absolute Gasteiger partial charge is 0.439 e. The van der Waals surface area contributed by atoms with E-state index in [2.05, 4.69) is 22.2 Å². The van der Waals surface area contributed by atoms with E-state index < -0.39 is 0 Å². The highest BCUT2D eigenvalue weighted by Crippen LogP contribution is 2.23. The molecular formula is C21H20FN3O2. The Morgan fingerprint density at radius 3 is 2.81 bits per heavy atom. The van der Waals surface area contributed by atoms with Crippen LogP contribution in [0.3, 0.4) is 0 Å². The van der Waals surface area contributed by atoms with Crippen LogP contribution in [0.15, 0.2) is 60.8 Å². The molecule has 0 fully saturated rings. The van der Waals surface area contributed by atoms with Gasteiger partial charge in [-0.3, -0.25) is 4.79 Å². The molecule has 27 heavy (non-hydrogen) atoms. The minimum Gasteiger partial charge on any atom is -0.439 e. The molecule has 1 aromatic heterocycles. The number of aromatic nitrogens is 2. The third-order valence-electron chi connectivity index (χ3n) is 3.85. The summed E-state index contributed by atoms with van der Waals surface area (Å²) in [6.07, 6.45) is 3.50. The monoisotopic (exact) mass is 365 g/mol. The summed E-state index contributed by atoms with van der Waals surface area (Å²) in [4.78, 5) is 20.6. The first-order chi connectivity index (χ1) is 13.2. The van der Waals surface area contributed by atoms with Crippen LogP contribution in [0.25, 0.3) is 11.4 Å². The van der Waals surface area contributed by atoms with Crippen molar-refractivity contribution >= 4 is 5.91 Å². The summed E-state index contributed by atoms with van der Waals surface area (Å²) in [5, 5.41) is 2.87. The molecule has 0 saturated heterocycles. The maximum atomic E-state index is 13.4. The molecule has 5 nitrogen and oxygen atoms in total. The topological polar surface area (TPSA) is 64.1 Å². The molecular weight excluding hydrogens is 345 g/mol. The van der Waals surface area contributed by atoms with Crippen LogP contribution in [-0.4, -0.2) is 22.4 Å². The van der Waals surface area contributed by atoms with E-state index in [0.29, 0.717) is 35.1 Å². The molecule has 0 radical (unpaired) electrons. The highest BCUT2D eigenvalue weighted by molar-refractivity contribution is 5.94. The predicted molar refractivity (Wildman–Crippen MR) is 101 cm³/mol. The highest BCUT2D eigenvalue weighted by atomic mass is 19.1. The lowest BCUT2D eigenvalue weighted by atomic mass is 10.2. The van der Waals surface area contributed by atoms with Crippen LogP contribution in [0.5, 0.6) is 11.6 Å². The lowest BCUT2D eigenvalue weighted by molar-refractivity contribution is 0.0953. The van der Waals surface area contributed by atoms with Gasteiger partial charge in [0.15, 0.2) is 5.82 Å². The Morgan fingerprint density at radius 1 is 1.15 bits per heavy atom. The van der Waals surface area contributed by atoms with Crippen molar-refractivity contribution < 1.29 is 13.9 Å². The molecule has 3 aromatic rings. The van der Waals surface area contributed by atoms with Crippen molar-refractivity contribution in [1.82, 2.24) is 15.3 Å². The second-order valence-corrected chi connectivity index (χ2v) is 5.97.